The minimum atomic E-state index is 0.0320. The van der Waals surface area contributed by atoms with Gasteiger partial charge < -0.3 is 5.32 Å². The second-order valence-electron chi connectivity index (χ2n) is 6.86. The molecule has 1 aliphatic rings. The number of hydrogen-bond acceptors (Lipinski definition) is 3. The first-order chi connectivity index (χ1) is 12.5. The number of benzene rings is 1. The average molecular weight is 366 g/mol. The first kappa shape index (κ1) is 17.0. The molecule has 0 saturated heterocycles. The van der Waals surface area contributed by atoms with Gasteiger partial charge in [-0.25, -0.2) is 9.97 Å². The molecule has 5 heteroatoms. The van der Waals surface area contributed by atoms with E-state index in [2.05, 4.69) is 47.3 Å². The van der Waals surface area contributed by atoms with Crippen molar-refractivity contribution >= 4 is 34.1 Å². The van der Waals surface area contributed by atoms with Crippen molar-refractivity contribution in [2.24, 2.45) is 5.92 Å². The summed E-state index contributed by atoms with van der Waals surface area (Å²) >= 11 is 6.47. The number of fused-ring (bicyclic) bond motifs is 1. The Bertz CT molecular complexity index is 1010. The maximum Gasteiger partial charge on any atom is 0.228 e. The van der Waals surface area contributed by atoms with E-state index in [1.54, 1.807) is 12.3 Å². The summed E-state index contributed by atoms with van der Waals surface area (Å²) in [6, 6.07) is 10.2. The van der Waals surface area contributed by atoms with Crippen molar-refractivity contribution in [2.75, 3.05) is 5.32 Å². The van der Waals surface area contributed by atoms with Gasteiger partial charge in [0.2, 0.25) is 5.91 Å². The molecule has 0 aliphatic heterocycles. The standard InChI is InChI=1S/C21H20ClN3O/c1-3-13-5-4-12(2)16(8-13)18-9-15-11-23-19(10-17(15)20(22)24-18)25-21(26)14-6-7-14/h4-5,8-11,14H,3,6-7H2,1-2H3,(H,23,25,26). The molecule has 1 fully saturated rings. The normalized spacial score (nSPS) is 13.8. The summed E-state index contributed by atoms with van der Waals surface area (Å²) in [6.07, 6.45) is 4.64. The van der Waals surface area contributed by atoms with Crippen LogP contribution in [0.25, 0.3) is 22.0 Å². The lowest BCUT2D eigenvalue weighted by atomic mass is 10.00. The van der Waals surface area contributed by atoms with Crippen LogP contribution in [-0.2, 0) is 11.2 Å². The Hall–Kier alpha value is -2.46. The van der Waals surface area contributed by atoms with Gasteiger partial charge in [-0.15, -0.1) is 0 Å². The molecule has 1 amide bonds. The van der Waals surface area contributed by atoms with E-state index in [0.717, 1.165) is 46.9 Å². The lowest BCUT2D eigenvalue weighted by molar-refractivity contribution is -0.117. The van der Waals surface area contributed by atoms with Gasteiger partial charge in [0.25, 0.3) is 0 Å². The molecule has 2 aromatic heterocycles. The van der Waals surface area contributed by atoms with Crippen LogP contribution in [0.5, 0.6) is 0 Å². The van der Waals surface area contributed by atoms with Crippen molar-refractivity contribution in [1.82, 2.24) is 9.97 Å². The van der Waals surface area contributed by atoms with Crippen LogP contribution in [0.2, 0.25) is 5.15 Å². The van der Waals surface area contributed by atoms with Crippen molar-refractivity contribution in [3.05, 3.63) is 52.8 Å². The highest BCUT2D eigenvalue weighted by Gasteiger charge is 2.29. The quantitative estimate of drug-likeness (QED) is 0.649. The number of halogens is 1. The van der Waals surface area contributed by atoms with Gasteiger partial charge in [-0.05, 0) is 55.5 Å². The van der Waals surface area contributed by atoms with E-state index < -0.39 is 0 Å². The van der Waals surface area contributed by atoms with Gasteiger partial charge in [-0.1, -0.05) is 30.7 Å². The molecule has 26 heavy (non-hydrogen) atoms. The molecular weight excluding hydrogens is 346 g/mol. The maximum absolute atomic E-state index is 11.9. The maximum atomic E-state index is 11.9. The smallest absolute Gasteiger partial charge is 0.228 e. The Morgan fingerprint density at radius 2 is 2.08 bits per heavy atom. The first-order valence-electron chi connectivity index (χ1n) is 8.92. The second kappa shape index (κ2) is 6.69. The molecule has 3 aromatic rings. The minimum absolute atomic E-state index is 0.0320. The molecule has 2 heterocycles. The number of rotatable bonds is 4. The molecular formula is C21H20ClN3O. The number of hydrogen-bond donors (Lipinski definition) is 1. The Morgan fingerprint density at radius 1 is 1.27 bits per heavy atom. The number of anilines is 1. The monoisotopic (exact) mass is 365 g/mol. The van der Waals surface area contributed by atoms with Crippen LogP contribution in [0.1, 0.15) is 30.9 Å². The number of aryl methyl sites for hydroxylation is 2. The summed E-state index contributed by atoms with van der Waals surface area (Å²) in [5, 5.41) is 4.98. The van der Waals surface area contributed by atoms with E-state index in [1.807, 2.05) is 6.07 Å². The zero-order chi connectivity index (χ0) is 18.3. The van der Waals surface area contributed by atoms with Crippen LogP contribution >= 0.6 is 11.6 Å². The first-order valence-corrected chi connectivity index (χ1v) is 9.30. The topological polar surface area (TPSA) is 54.9 Å². The molecule has 1 aliphatic carbocycles. The van der Waals surface area contributed by atoms with E-state index >= 15 is 0 Å². The number of carbonyl (C=O) groups excluding carboxylic acids is 1. The summed E-state index contributed by atoms with van der Waals surface area (Å²) in [5.41, 5.74) is 4.34. The number of aromatic nitrogens is 2. The van der Waals surface area contributed by atoms with Crippen LogP contribution in [0, 0.1) is 12.8 Å². The Morgan fingerprint density at radius 3 is 2.81 bits per heavy atom. The van der Waals surface area contributed by atoms with Crippen molar-refractivity contribution in [3.63, 3.8) is 0 Å². The van der Waals surface area contributed by atoms with Crippen LogP contribution < -0.4 is 5.32 Å². The van der Waals surface area contributed by atoms with Crippen LogP contribution in [0.15, 0.2) is 36.5 Å². The van der Waals surface area contributed by atoms with E-state index in [-0.39, 0.29) is 11.8 Å². The van der Waals surface area contributed by atoms with Crippen molar-refractivity contribution in [3.8, 4) is 11.3 Å². The number of amides is 1. The van der Waals surface area contributed by atoms with Crippen molar-refractivity contribution < 1.29 is 4.79 Å². The van der Waals surface area contributed by atoms with E-state index in [4.69, 9.17) is 11.6 Å². The predicted molar refractivity (Wildman–Crippen MR) is 105 cm³/mol. The SMILES string of the molecule is CCc1ccc(C)c(-c2cc3cnc(NC(=O)C4CC4)cc3c(Cl)n2)c1. The fourth-order valence-corrected chi connectivity index (χ4v) is 3.31. The highest BCUT2D eigenvalue weighted by molar-refractivity contribution is 6.34. The third-order valence-corrected chi connectivity index (χ3v) is 5.14. The third kappa shape index (κ3) is 3.29. The average Bonchev–Trinajstić information content (AvgIpc) is 3.48. The van der Waals surface area contributed by atoms with Gasteiger partial charge in [-0.3, -0.25) is 4.79 Å². The molecule has 132 valence electrons. The van der Waals surface area contributed by atoms with Gasteiger partial charge in [0.1, 0.15) is 11.0 Å². The fraction of sp³-hybridized carbons (Fsp3) is 0.286. The zero-order valence-electron chi connectivity index (χ0n) is 14.8. The van der Waals surface area contributed by atoms with Gasteiger partial charge in [0.15, 0.2) is 0 Å². The van der Waals surface area contributed by atoms with Crippen LogP contribution in [0.3, 0.4) is 0 Å². The Kier molecular flexibility index (Phi) is 4.37. The molecule has 0 radical (unpaired) electrons. The molecule has 4 rings (SSSR count). The third-order valence-electron chi connectivity index (χ3n) is 4.85. The van der Waals surface area contributed by atoms with E-state index in [0.29, 0.717) is 11.0 Å². The van der Waals surface area contributed by atoms with Gasteiger partial charge in [0.05, 0.1) is 5.69 Å². The number of pyridine rings is 2. The largest absolute Gasteiger partial charge is 0.310 e. The summed E-state index contributed by atoms with van der Waals surface area (Å²) in [4.78, 5) is 20.9. The van der Waals surface area contributed by atoms with E-state index in [1.165, 1.54) is 5.56 Å². The van der Waals surface area contributed by atoms with Crippen LogP contribution in [0.4, 0.5) is 5.82 Å². The van der Waals surface area contributed by atoms with Crippen molar-refractivity contribution in [1.29, 1.82) is 0 Å². The molecule has 0 spiro atoms. The molecule has 4 nitrogen and oxygen atoms in total. The molecule has 0 atom stereocenters. The molecule has 0 unspecified atom stereocenters. The minimum Gasteiger partial charge on any atom is -0.310 e. The Balaban J connectivity index is 1.74. The zero-order valence-corrected chi connectivity index (χ0v) is 15.6. The number of carbonyl (C=O) groups is 1. The molecule has 1 N–H and O–H groups in total. The highest BCUT2D eigenvalue weighted by atomic mass is 35.5. The van der Waals surface area contributed by atoms with Gasteiger partial charge >= 0.3 is 0 Å². The van der Waals surface area contributed by atoms with Gasteiger partial charge in [-0.2, -0.15) is 0 Å². The van der Waals surface area contributed by atoms with E-state index in [9.17, 15) is 4.79 Å². The van der Waals surface area contributed by atoms with Crippen LogP contribution in [-0.4, -0.2) is 15.9 Å². The number of nitrogens with one attached hydrogen (secondary N) is 1. The summed E-state index contributed by atoms with van der Waals surface area (Å²) in [6.45, 7) is 4.21. The van der Waals surface area contributed by atoms with Crippen molar-refractivity contribution in [2.45, 2.75) is 33.1 Å². The molecule has 0 bridgehead atoms. The summed E-state index contributed by atoms with van der Waals surface area (Å²) in [7, 11) is 0. The fourth-order valence-electron chi connectivity index (χ4n) is 3.05. The Labute approximate surface area is 157 Å². The lowest BCUT2D eigenvalue weighted by Crippen LogP contribution is -2.14. The molecule has 1 saturated carbocycles. The lowest BCUT2D eigenvalue weighted by Gasteiger charge is -2.11. The molecule has 1 aromatic carbocycles. The highest BCUT2D eigenvalue weighted by Crippen LogP contribution is 2.32. The predicted octanol–water partition coefficient (Wildman–Crippen LogP) is 5.17. The summed E-state index contributed by atoms with van der Waals surface area (Å²) in [5.74, 6) is 0.692. The second-order valence-corrected chi connectivity index (χ2v) is 7.21. The van der Waals surface area contributed by atoms with Gasteiger partial charge in [0, 0.05) is 28.5 Å². The number of nitrogens with zero attached hydrogens (tertiary/aromatic N) is 2. The summed E-state index contributed by atoms with van der Waals surface area (Å²) < 4.78 is 0.